The number of benzene rings is 1. The average Bonchev–Trinajstić information content (AvgIpc) is 2.93. The maximum Gasteiger partial charge on any atom is 0.300 e. The van der Waals surface area contributed by atoms with Crippen molar-refractivity contribution in [1.82, 2.24) is 19.3 Å². The second kappa shape index (κ2) is 11.4. The Kier molecular flexibility index (Phi) is 7.92. The van der Waals surface area contributed by atoms with Gasteiger partial charge in [-0.2, -0.15) is 0 Å². The largest absolute Gasteiger partial charge is 0.486 e. The van der Waals surface area contributed by atoms with Crippen molar-refractivity contribution < 1.29 is 22.3 Å². The van der Waals surface area contributed by atoms with Gasteiger partial charge < -0.3 is 14.4 Å². The molecular formula is C27H27ClFN5O5S. The number of nitrogens with one attached hydrogen (secondary N) is 1. The summed E-state index contributed by atoms with van der Waals surface area (Å²) in [5.74, 6) is -0.123. The zero-order valence-electron chi connectivity index (χ0n) is 21.8. The van der Waals surface area contributed by atoms with Crippen LogP contribution < -0.4 is 19.8 Å². The molecule has 0 spiro atoms. The highest BCUT2D eigenvalue weighted by Gasteiger charge is 2.22. The van der Waals surface area contributed by atoms with Crippen LogP contribution in [0.2, 0.25) is 5.02 Å². The zero-order valence-corrected chi connectivity index (χ0v) is 23.4. The van der Waals surface area contributed by atoms with E-state index in [4.69, 9.17) is 21.1 Å². The SMILES string of the molecule is COc1ncc(-c2ccc3ncc(OCC4CCN(C)CC4)c(=O)n3c2)cc1NS(=O)(=O)c1ccc(F)cc1Cl. The second-order valence-electron chi connectivity index (χ2n) is 9.59. The number of nitrogens with zero attached hydrogens (tertiary/aromatic N) is 4. The maximum absolute atomic E-state index is 13.5. The van der Waals surface area contributed by atoms with E-state index < -0.39 is 15.8 Å². The predicted molar refractivity (Wildman–Crippen MR) is 149 cm³/mol. The fourth-order valence-corrected chi connectivity index (χ4v) is 6.08. The standard InChI is InChI=1S/C27H27ClFN5O5S/c1-33-9-7-17(8-10-33)16-39-23-14-30-25-6-3-18(15-34(25)27(23)35)19-11-22(26(38-2)31-13-19)32-40(36,37)24-5-4-20(29)12-21(24)28/h3-6,11-15,17,32H,7-10,16H2,1-2H3. The van der Waals surface area contributed by atoms with E-state index in [9.17, 15) is 17.6 Å². The van der Waals surface area contributed by atoms with Gasteiger partial charge in [-0.15, -0.1) is 0 Å². The summed E-state index contributed by atoms with van der Waals surface area (Å²) in [7, 11) is -0.776. The molecule has 5 rings (SSSR count). The summed E-state index contributed by atoms with van der Waals surface area (Å²) >= 11 is 5.98. The topological polar surface area (TPSA) is 115 Å². The summed E-state index contributed by atoms with van der Waals surface area (Å²) < 4.78 is 54.4. The Morgan fingerprint density at radius 3 is 2.60 bits per heavy atom. The maximum atomic E-state index is 13.5. The van der Waals surface area contributed by atoms with Crippen molar-refractivity contribution in [2.75, 3.05) is 38.6 Å². The van der Waals surface area contributed by atoms with Crippen LogP contribution in [0.25, 0.3) is 16.8 Å². The third kappa shape index (κ3) is 5.88. The van der Waals surface area contributed by atoms with E-state index in [0.717, 1.165) is 44.1 Å². The minimum absolute atomic E-state index is 0.00905. The average molecular weight is 588 g/mol. The number of pyridine rings is 2. The molecule has 0 bridgehead atoms. The quantitative estimate of drug-likeness (QED) is 0.328. The molecule has 40 heavy (non-hydrogen) atoms. The van der Waals surface area contributed by atoms with Gasteiger partial charge in [-0.1, -0.05) is 11.6 Å². The second-order valence-corrected chi connectivity index (χ2v) is 11.7. The molecule has 0 amide bonds. The number of fused-ring (bicyclic) bond motifs is 1. The zero-order chi connectivity index (χ0) is 28.4. The first-order valence-corrected chi connectivity index (χ1v) is 14.4. The van der Waals surface area contributed by atoms with E-state index in [1.165, 1.54) is 30.0 Å². The summed E-state index contributed by atoms with van der Waals surface area (Å²) in [4.78, 5) is 23.8. The molecule has 0 saturated carbocycles. The first kappa shape index (κ1) is 27.8. The highest BCUT2D eigenvalue weighted by Crippen LogP contribution is 2.32. The van der Waals surface area contributed by atoms with E-state index in [1.54, 1.807) is 18.3 Å². The van der Waals surface area contributed by atoms with Crippen molar-refractivity contribution in [2.24, 2.45) is 5.92 Å². The van der Waals surface area contributed by atoms with E-state index in [2.05, 4.69) is 26.6 Å². The molecule has 1 fully saturated rings. The Hall–Kier alpha value is -3.74. The molecule has 1 aliphatic rings. The van der Waals surface area contributed by atoms with E-state index in [-0.39, 0.29) is 32.8 Å². The van der Waals surface area contributed by atoms with Gasteiger partial charge in [0.15, 0.2) is 0 Å². The Morgan fingerprint density at radius 1 is 1.10 bits per heavy atom. The number of hydrogen-bond acceptors (Lipinski definition) is 8. The smallest absolute Gasteiger partial charge is 0.300 e. The monoisotopic (exact) mass is 587 g/mol. The van der Waals surface area contributed by atoms with E-state index >= 15 is 0 Å². The molecular weight excluding hydrogens is 561 g/mol. The summed E-state index contributed by atoms with van der Waals surface area (Å²) in [6.07, 6.45) is 6.53. The molecule has 10 nitrogen and oxygen atoms in total. The molecule has 0 unspecified atom stereocenters. The summed E-state index contributed by atoms with van der Waals surface area (Å²) in [5.41, 5.74) is 1.16. The van der Waals surface area contributed by atoms with E-state index in [1.807, 2.05) is 0 Å². The molecule has 0 atom stereocenters. The number of likely N-dealkylation sites (tertiary alicyclic amines) is 1. The number of halogens is 2. The minimum atomic E-state index is -4.21. The highest BCUT2D eigenvalue weighted by atomic mass is 35.5. The predicted octanol–water partition coefficient (Wildman–Crippen LogP) is 4.08. The molecule has 0 aliphatic carbocycles. The lowest BCUT2D eigenvalue weighted by Gasteiger charge is -2.28. The third-order valence-corrected chi connectivity index (χ3v) is 8.64. The van der Waals surface area contributed by atoms with Crippen LogP contribution in [0.5, 0.6) is 11.6 Å². The summed E-state index contributed by atoms with van der Waals surface area (Å²) in [6, 6.07) is 7.90. The van der Waals surface area contributed by atoms with Gasteiger partial charge in [-0.05, 0) is 75.3 Å². The first-order valence-electron chi connectivity index (χ1n) is 12.5. The minimum Gasteiger partial charge on any atom is -0.486 e. The van der Waals surface area contributed by atoms with Crippen LogP contribution in [0.4, 0.5) is 10.1 Å². The van der Waals surface area contributed by atoms with Crippen LogP contribution in [0.3, 0.4) is 0 Å². The van der Waals surface area contributed by atoms with Crippen LogP contribution in [0.15, 0.2) is 64.7 Å². The number of piperidine rings is 1. The van der Waals surface area contributed by atoms with Gasteiger partial charge in [0.1, 0.15) is 22.0 Å². The third-order valence-electron chi connectivity index (χ3n) is 6.79. The van der Waals surface area contributed by atoms with Crippen molar-refractivity contribution in [1.29, 1.82) is 0 Å². The highest BCUT2D eigenvalue weighted by molar-refractivity contribution is 7.92. The van der Waals surface area contributed by atoms with Gasteiger partial charge in [0.25, 0.3) is 15.6 Å². The molecule has 4 aromatic rings. The molecule has 210 valence electrons. The van der Waals surface area contributed by atoms with E-state index in [0.29, 0.717) is 29.3 Å². The number of sulfonamides is 1. The van der Waals surface area contributed by atoms with Crippen LogP contribution in [0.1, 0.15) is 12.8 Å². The molecule has 1 N–H and O–H groups in total. The van der Waals surface area contributed by atoms with Gasteiger partial charge in [0.05, 0.1) is 24.9 Å². The van der Waals surface area contributed by atoms with Gasteiger partial charge >= 0.3 is 0 Å². The fourth-order valence-electron chi connectivity index (χ4n) is 4.50. The molecule has 1 aromatic carbocycles. The Bertz CT molecular complexity index is 1720. The summed E-state index contributed by atoms with van der Waals surface area (Å²) in [6.45, 7) is 2.44. The van der Waals surface area contributed by atoms with Crippen LogP contribution in [0, 0.1) is 11.7 Å². The normalized spacial score (nSPS) is 14.8. The Labute approximate surface area is 235 Å². The molecule has 1 aliphatic heterocycles. The number of rotatable bonds is 8. The number of methoxy groups -OCH3 is 1. The van der Waals surface area contributed by atoms with Gasteiger partial charge in [-0.25, -0.2) is 22.8 Å². The van der Waals surface area contributed by atoms with Crippen molar-refractivity contribution in [3.63, 3.8) is 0 Å². The molecule has 0 radical (unpaired) electrons. The van der Waals surface area contributed by atoms with Crippen molar-refractivity contribution >= 4 is 33.0 Å². The molecule has 4 heterocycles. The lowest BCUT2D eigenvalue weighted by atomic mass is 9.98. The van der Waals surface area contributed by atoms with Crippen LogP contribution in [-0.4, -0.2) is 61.5 Å². The van der Waals surface area contributed by atoms with Gasteiger partial charge in [0, 0.05) is 23.5 Å². The molecule has 13 heteroatoms. The van der Waals surface area contributed by atoms with Crippen LogP contribution >= 0.6 is 11.6 Å². The number of anilines is 1. The van der Waals surface area contributed by atoms with Gasteiger partial charge in [-0.3, -0.25) is 13.9 Å². The first-order chi connectivity index (χ1) is 19.1. The fraction of sp³-hybridized carbons (Fsp3) is 0.296. The number of aromatic nitrogens is 3. The van der Waals surface area contributed by atoms with Crippen molar-refractivity contribution in [3.05, 3.63) is 76.2 Å². The van der Waals surface area contributed by atoms with Crippen molar-refractivity contribution in [2.45, 2.75) is 17.7 Å². The number of ether oxygens (including phenoxy) is 2. The molecule has 1 saturated heterocycles. The lowest BCUT2D eigenvalue weighted by Crippen LogP contribution is -2.33. The van der Waals surface area contributed by atoms with Crippen LogP contribution in [-0.2, 0) is 10.0 Å². The molecule has 3 aromatic heterocycles. The van der Waals surface area contributed by atoms with Crippen molar-refractivity contribution in [3.8, 4) is 22.8 Å². The van der Waals surface area contributed by atoms with Gasteiger partial charge in [0.2, 0.25) is 11.6 Å². The summed E-state index contributed by atoms with van der Waals surface area (Å²) in [5, 5.41) is -0.272. The lowest BCUT2D eigenvalue weighted by molar-refractivity contribution is 0.158. The Morgan fingerprint density at radius 2 is 1.88 bits per heavy atom. The Balaban J connectivity index is 1.44. The number of hydrogen-bond donors (Lipinski definition) is 1.